The van der Waals surface area contributed by atoms with Crippen LogP contribution in [0.1, 0.15) is 95.0 Å². The molecule has 0 fully saturated rings. The fraction of sp³-hybridized carbons (Fsp3) is 0.424. The predicted octanol–water partition coefficient (Wildman–Crippen LogP) is 6.14. The highest BCUT2D eigenvalue weighted by atomic mass is 16.4. The molecule has 2 heterocycles. The van der Waals surface area contributed by atoms with Gasteiger partial charge in [0, 0.05) is 48.1 Å². The zero-order valence-electron chi connectivity index (χ0n) is 24.7. The third-order valence-corrected chi connectivity index (χ3v) is 7.11. The highest BCUT2D eigenvalue weighted by Gasteiger charge is 2.27. The van der Waals surface area contributed by atoms with Crippen molar-refractivity contribution >= 4 is 23.4 Å². The summed E-state index contributed by atoms with van der Waals surface area (Å²) in [7, 11) is 0. The fourth-order valence-electron chi connectivity index (χ4n) is 5.12. The Morgan fingerprint density at radius 1 is 1.12 bits per heavy atom. The van der Waals surface area contributed by atoms with E-state index < -0.39 is 12.0 Å². The first-order valence-corrected chi connectivity index (χ1v) is 14.1. The van der Waals surface area contributed by atoms with E-state index in [1.54, 1.807) is 24.7 Å². The molecule has 1 unspecified atom stereocenters. The number of nitrogens with two attached hydrogens (primary N) is 1. The molecule has 0 saturated heterocycles. The summed E-state index contributed by atoms with van der Waals surface area (Å²) in [4.78, 5) is 45.9. The lowest BCUT2D eigenvalue weighted by molar-refractivity contribution is -0.138. The standard InChI is InChI=1S/C33H44N4O4/c1-7-23(6)32(22(4)5)27-17-26(19-35-20-27)29(18-31(39)40)37-33(41)25(16-21(2)3)12-11-24(13-14-30(34)38)28-10-8-9-15-36-28/h7-10,15,17,19-21,24-25,29H,1,4,11-14,16,18H2,2-3,5-6H3,(H2,34,38)(H,37,41)(H,39,40)/b32-23+/t24?,25-,29+/m1/s1. The number of aliphatic carboxylic acids is 1. The molecule has 2 rings (SSSR count). The second-order valence-electron chi connectivity index (χ2n) is 11.1. The minimum atomic E-state index is -1.03. The minimum absolute atomic E-state index is 0.0256. The smallest absolute Gasteiger partial charge is 0.305 e. The number of nitrogens with zero attached hydrogens (tertiary/aromatic N) is 2. The van der Waals surface area contributed by atoms with E-state index >= 15 is 0 Å². The lowest BCUT2D eigenvalue weighted by Gasteiger charge is -2.25. The van der Waals surface area contributed by atoms with Crippen LogP contribution in [0.25, 0.3) is 5.57 Å². The molecule has 0 spiro atoms. The molecule has 41 heavy (non-hydrogen) atoms. The number of carboxylic acids is 1. The Labute approximate surface area is 243 Å². The van der Waals surface area contributed by atoms with Crippen LogP contribution in [0.5, 0.6) is 0 Å². The largest absolute Gasteiger partial charge is 0.481 e. The Kier molecular flexibility index (Phi) is 13.1. The van der Waals surface area contributed by atoms with Gasteiger partial charge in [-0.25, -0.2) is 0 Å². The molecule has 0 aliphatic rings. The molecule has 2 aromatic rings. The van der Waals surface area contributed by atoms with Crippen LogP contribution in [-0.2, 0) is 14.4 Å². The third kappa shape index (κ3) is 10.8. The zero-order valence-corrected chi connectivity index (χ0v) is 24.7. The average molecular weight is 561 g/mol. The van der Waals surface area contributed by atoms with E-state index in [0.717, 1.165) is 28.0 Å². The lowest BCUT2D eigenvalue weighted by atomic mass is 9.85. The van der Waals surface area contributed by atoms with E-state index in [-0.39, 0.29) is 42.4 Å². The number of allylic oxidation sites excluding steroid dienone is 4. The second kappa shape index (κ2) is 16.3. The molecule has 0 aliphatic heterocycles. The number of primary amides is 1. The van der Waals surface area contributed by atoms with E-state index in [1.807, 2.05) is 38.1 Å². The minimum Gasteiger partial charge on any atom is -0.481 e. The van der Waals surface area contributed by atoms with Crippen LogP contribution in [0.2, 0.25) is 0 Å². The van der Waals surface area contributed by atoms with Gasteiger partial charge < -0.3 is 16.2 Å². The van der Waals surface area contributed by atoms with Gasteiger partial charge in [-0.05, 0) is 80.4 Å². The number of hydrogen-bond donors (Lipinski definition) is 3. The van der Waals surface area contributed by atoms with Crippen LogP contribution in [0.15, 0.2) is 73.2 Å². The van der Waals surface area contributed by atoms with Gasteiger partial charge in [0.25, 0.3) is 0 Å². The molecule has 220 valence electrons. The fourth-order valence-corrected chi connectivity index (χ4v) is 5.12. The van der Waals surface area contributed by atoms with Gasteiger partial charge in [0.15, 0.2) is 0 Å². The highest BCUT2D eigenvalue weighted by molar-refractivity contribution is 5.82. The summed E-state index contributed by atoms with van der Waals surface area (Å²) in [5.74, 6) is -1.73. The van der Waals surface area contributed by atoms with Crippen LogP contribution < -0.4 is 11.1 Å². The van der Waals surface area contributed by atoms with Crippen molar-refractivity contribution in [3.05, 3.63) is 90.1 Å². The van der Waals surface area contributed by atoms with E-state index in [9.17, 15) is 19.5 Å². The van der Waals surface area contributed by atoms with Crippen molar-refractivity contribution in [1.82, 2.24) is 15.3 Å². The number of amides is 2. The van der Waals surface area contributed by atoms with Gasteiger partial charge in [0.05, 0.1) is 12.5 Å². The zero-order chi connectivity index (χ0) is 30.5. The van der Waals surface area contributed by atoms with Gasteiger partial charge in [-0.15, -0.1) is 0 Å². The molecule has 0 saturated carbocycles. The van der Waals surface area contributed by atoms with Gasteiger partial charge >= 0.3 is 5.97 Å². The van der Waals surface area contributed by atoms with Gasteiger partial charge in [0.2, 0.25) is 11.8 Å². The Bertz CT molecular complexity index is 1250. The summed E-state index contributed by atoms with van der Waals surface area (Å²) in [6, 6.07) is 6.76. The summed E-state index contributed by atoms with van der Waals surface area (Å²) in [5, 5.41) is 12.7. The third-order valence-electron chi connectivity index (χ3n) is 7.11. The van der Waals surface area contributed by atoms with E-state index in [2.05, 4.69) is 42.3 Å². The van der Waals surface area contributed by atoms with Crippen molar-refractivity contribution < 1.29 is 19.5 Å². The molecule has 0 aromatic carbocycles. The quantitative estimate of drug-likeness (QED) is 0.199. The lowest BCUT2D eigenvalue weighted by Crippen LogP contribution is -2.36. The summed E-state index contributed by atoms with van der Waals surface area (Å²) in [6.45, 7) is 15.9. The van der Waals surface area contributed by atoms with Crippen LogP contribution in [0, 0.1) is 11.8 Å². The topological polar surface area (TPSA) is 135 Å². The summed E-state index contributed by atoms with van der Waals surface area (Å²) >= 11 is 0. The molecular formula is C33H44N4O4. The Morgan fingerprint density at radius 2 is 1.85 bits per heavy atom. The Hall–Kier alpha value is -4.07. The molecule has 2 aromatic heterocycles. The van der Waals surface area contributed by atoms with Crippen molar-refractivity contribution in [3.8, 4) is 0 Å². The Balaban J connectivity index is 2.33. The van der Waals surface area contributed by atoms with Gasteiger partial charge in [0.1, 0.15) is 0 Å². The molecule has 0 aliphatic carbocycles. The van der Waals surface area contributed by atoms with Crippen molar-refractivity contribution in [1.29, 1.82) is 0 Å². The number of pyridine rings is 2. The maximum atomic E-state index is 13.7. The summed E-state index contributed by atoms with van der Waals surface area (Å²) in [5.41, 5.74) is 10.3. The van der Waals surface area contributed by atoms with Crippen LogP contribution in [0.3, 0.4) is 0 Å². The molecule has 8 heteroatoms. The number of nitrogens with one attached hydrogen (secondary N) is 1. The number of carbonyl (C=O) groups excluding carboxylic acids is 2. The summed E-state index contributed by atoms with van der Waals surface area (Å²) < 4.78 is 0. The molecule has 0 bridgehead atoms. The van der Waals surface area contributed by atoms with Gasteiger partial charge in [-0.1, -0.05) is 44.7 Å². The molecule has 4 N–H and O–H groups in total. The van der Waals surface area contributed by atoms with Crippen LogP contribution in [0.4, 0.5) is 0 Å². The number of hydrogen-bond acceptors (Lipinski definition) is 5. The molecule has 2 amide bonds. The number of aromatic nitrogens is 2. The van der Waals surface area contributed by atoms with Gasteiger partial charge in [-0.2, -0.15) is 0 Å². The van der Waals surface area contributed by atoms with Crippen molar-refractivity contribution in [2.24, 2.45) is 17.6 Å². The van der Waals surface area contributed by atoms with Gasteiger partial charge in [-0.3, -0.25) is 24.4 Å². The number of carboxylic acid groups (broad SMARTS) is 1. The molecule has 3 atom stereocenters. The van der Waals surface area contributed by atoms with E-state index in [1.165, 1.54) is 0 Å². The highest BCUT2D eigenvalue weighted by Crippen LogP contribution is 2.31. The summed E-state index contributed by atoms with van der Waals surface area (Å²) in [6.07, 6.45) is 9.08. The van der Waals surface area contributed by atoms with Crippen LogP contribution >= 0.6 is 0 Å². The average Bonchev–Trinajstić information content (AvgIpc) is 2.91. The number of rotatable bonds is 17. The van der Waals surface area contributed by atoms with Crippen molar-refractivity contribution in [3.63, 3.8) is 0 Å². The van der Waals surface area contributed by atoms with Crippen molar-refractivity contribution in [2.75, 3.05) is 0 Å². The normalized spacial score (nSPS) is 14.0. The first-order valence-electron chi connectivity index (χ1n) is 14.1. The maximum absolute atomic E-state index is 13.7. The van der Waals surface area contributed by atoms with Crippen molar-refractivity contribution in [2.45, 2.75) is 78.2 Å². The molecule has 8 nitrogen and oxygen atoms in total. The second-order valence-corrected chi connectivity index (χ2v) is 11.1. The van der Waals surface area contributed by atoms with Crippen LogP contribution in [-0.4, -0.2) is 32.9 Å². The monoisotopic (exact) mass is 560 g/mol. The SMILES string of the molecule is C=C/C(C)=C(\C(=C)C)c1cncc([C@H](CC(=O)O)NC(=O)[C@H](CCC(CCC(N)=O)c2ccccn2)CC(C)C)c1. The first kappa shape index (κ1) is 33.1. The van der Waals surface area contributed by atoms with E-state index in [0.29, 0.717) is 31.2 Å². The first-order chi connectivity index (χ1) is 19.4. The Morgan fingerprint density at radius 3 is 2.41 bits per heavy atom. The number of carbonyl (C=O) groups is 3. The van der Waals surface area contributed by atoms with E-state index in [4.69, 9.17) is 5.73 Å². The predicted molar refractivity (Wildman–Crippen MR) is 163 cm³/mol. The molecular weight excluding hydrogens is 516 g/mol. The molecule has 0 radical (unpaired) electrons. The maximum Gasteiger partial charge on any atom is 0.305 e.